The van der Waals surface area contributed by atoms with Crippen molar-refractivity contribution in [2.75, 3.05) is 20.7 Å². The number of hydrogen-bond acceptors (Lipinski definition) is 5. The van der Waals surface area contributed by atoms with Gasteiger partial charge < -0.3 is 9.64 Å². The molecule has 0 bridgehead atoms. The number of pyridine rings is 1. The van der Waals surface area contributed by atoms with E-state index in [0.29, 0.717) is 5.75 Å². The third kappa shape index (κ3) is 5.04. The fourth-order valence-electron chi connectivity index (χ4n) is 1.75. The van der Waals surface area contributed by atoms with Crippen molar-refractivity contribution in [3.63, 3.8) is 0 Å². The lowest BCUT2D eigenvalue weighted by Crippen LogP contribution is -2.27. The largest absolute Gasteiger partial charge is 0.484 e. The Labute approximate surface area is 141 Å². The van der Waals surface area contributed by atoms with Crippen LogP contribution in [0.2, 0.25) is 0 Å². The Kier molecular flexibility index (Phi) is 5.88. The molecule has 0 fully saturated rings. The quantitative estimate of drug-likeness (QED) is 0.806. The standard InChI is InChI=1S/C16H19N3O4S/c1-19(2)16(20)12-23-14-5-7-15(8-6-14)24(21,22)18-11-13-4-3-9-17-10-13/h3-10,18H,11-12H2,1-2H3. The lowest BCUT2D eigenvalue weighted by Gasteiger charge is -2.12. The van der Waals surface area contributed by atoms with Gasteiger partial charge in [-0.15, -0.1) is 0 Å². The average molecular weight is 349 g/mol. The maximum Gasteiger partial charge on any atom is 0.259 e. The molecule has 1 aromatic heterocycles. The van der Waals surface area contributed by atoms with Gasteiger partial charge in [-0.1, -0.05) is 6.07 Å². The van der Waals surface area contributed by atoms with Gasteiger partial charge in [0, 0.05) is 33.0 Å². The van der Waals surface area contributed by atoms with Crippen molar-refractivity contribution in [1.29, 1.82) is 0 Å². The molecule has 7 nitrogen and oxygen atoms in total. The van der Waals surface area contributed by atoms with E-state index in [0.717, 1.165) is 5.56 Å². The molecule has 8 heteroatoms. The molecule has 0 saturated carbocycles. The number of carbonyl (C=O) groups is 1. The van der Waals surface area contributed by atoms with Gasteiger partial charge in [-0.3, -0.25) is 9.78 Å². The summed E-state index contributed by atoms with van der Waals surface area (Å²) in [4.78, 5) is 16.9. The van der Waals surface area contributed by atoms with Gasteiger partial charge >= 0.3 is 0 Å². The number of likely N-dealkylation sites (N-methyl/N-ethyl adjacent to an activating group) is 1. The number of ether oxygens (including phenoxy) is 1. The van der Waals surface area contributed by atoms with E-state index in [1.54, 1.807) is 38.6 Å². The highest BCUT2D eigenvalue weighted by Gasteiger charge is 2.14. The molecule has 0 atom stereocenters. The number of sulfonamides is 1. The van der Waals surface area contributed by atoms with Gasteiger partial charge in [0.2, 0.25) is 10.0 Å². The summed E-state index contributed by atoms with van der Waals surface area (Å²) >= 11 is 0. The normalized spacial score (nSPS) is 11.1. The molecule has 0 aliphatic heterocycles. The fraction of sp³-hybridized carbons (Fsp3) is 0.250. The molecule has 1 heterocycles. The molecule has 1 aromatic carbocycles. The van der Waals surface area contributed by atoms with E-state index < -0.39 is 10.0 Å². The predicted octanol–water partition coefficient (Wildman–Crippen LogP) is 1.03. The van der Waals surface area contributed by atoms with Crippen LogP contribution in [0, 0.1) is 0 Å². The number of hydrogen-bond donors (Lipinski definition) is 1. The summed E-state index contributed by atoms with van der Waals surface area (Å²) in [5.41, 5.74) is 0.767. The van der Waals surface area contributed by atoms with E-state index in [-0.39, 0.29) is 24.0 Å². The third-order valence-corrected chi connectivity index (χ3v) is 4.60. The molecule has 0 saturated heterocycles. The Hall–Kier alpha value is -2.45. The molecular weight excluding hydrogens is 330 g/mol. The van der Waals surface area contributed by atoms with Crippen molar-refractivity contribution in [3.8, 4) is 5.75 Å². The van der Waals surface area contributed by atoms with E-state index in [9.17, 15) is 13.2 Å². The van der Waals surface area contributed by atoms with Gasteiger partial charge in [-0.2, -0.15) is 0 Å². The minimum absolute atomic E-state index is 0.0989. The summed E-state index contributed by atoms with van der Waals surface area (Å²) in [5.74, 6) is 0.251. The topological polar surface area (TPSA) is 88.6 Å². The molecule has 24 heavy (non-hydrogen) atoms. The van der Waals surface area contributed by atoms with Gasteiger partial charge in [-0.25, -0.2) is 13.1 Å². The smallest absolute Gasteiger partial charge is 0.259 e. The minimum atomic E-state index is -3.63. The molecule has 1 N–H and O–H groups in total. The maximum absolute atomic E-state index is 12.2. The van der Waals surface area contributed by atoms with E-state index in [1.165, 1.54) is 29.2 Å². The third-order valence-electron chi connectivity index (χ3n) is 3.18. The van der Waals surface area contributed by atoms with Crippen molar-refractivity contribution >= 4 is 15.9 Å². The number of nitrogens with one attached hydrogen (secondary N) is 1. The first-order valence-corrected chi connectivity index (χ1v) is 8.68. The van der Waals surface area contributed by atoms with E-state index in [4.69, 9.17) is 4.74 Å². The van der Waals surface area contributed by atoms with Crippen LogP contribution in [0.5, 0.6) is 5.75 Å². The number of aromatic nitrogens is 1. The van der Waals surface area contributed by atoms with Gasteiger partial charge in [0.05, 0.1) is 4.90 Å². The van der Waals surface area contributed by atoms with Crippen molar-refractivity contribution in [3.05, 3.63) is 54.4 Å². The van der Waals surface area contributed by atoms with Crippen LogP contribution in [0.3, 0.4) is 0 Å². The average Bonchev–Trinajstić information content (AvgIpc) is 2.59. The van der Waals surface area contributed by atoms with Gasteiger partial charge in [-0.05, 0) is 35.9 Å². The summed E-state index contributed by atoms with van der Waals surface area (Å²) in [6.45, 7) is 0.0596. The van der Waals surface area contributed by atoms with Crippen LogP contribution in [-0.2, 0) is 21.4 Å². The molecular formula is C16H19N3O4S. The van der Waals surface area contributed by atoms with Crippen LogP contribution in [-0.4, -0.2) is 44.9 Å². The van der Waals surface area contributed by atoms with Crippen LogP contribution in [0.25, 0.3) is 0 Å². The summed E-state index contributed by atoms with van der Waals surface area (Å²) in [5, 5.41) is 0. The van der Waals surface area contributed by atoms with Gasteiger partial charge in [0.1, 0.15) is 5.75 Å². The number of amides is 1. The Morgan fingerprint density at radius 1 is 1.21 bits per heavy atom. The highest BCUT2D eigenvalue weighted by Crippen LogP contribution is 2.16. The minimum Gasteiger partial charge on any atom is -0.484 e. The zero-order valence-corrected chi connectivity index (χ0v) is 14.3. The number of nitrogens with zero attached hydrogens (tertiary/aromatic N) is 2. The molecule has 128 valence electrons. The molecule has 0 radical (unpaired) electrons. The van der Waals surface area contributed by atoms with Crippen molar-refractivity contribution in [1.82, 2.24) is 14.6 Å². The zero-order valence-electron chi connectivity index (χ0n) is 13.5. The molecule has 1 amide bonds. The molecule has 0 aliphatic rings. The van der Waals surface area contributed by atoms with Crippen LogP contribution < -0.4 is 9.46 Å². The second-order valence-corrected chi connectivity index (χ2v) is 7.00. The number of benzene rings is 1. The van der Waals surface area contributed by atoms with Gasteiger partial charge in [0.25, 0.3) is 5.91 Å². The lowest BCUT2D eigenvalue weighted by atomic mass is 10.3. The predicted molar refractivity (Wildman–Crippen MR) is 88.9 cm³/mol. The first-order valence-electron chi connectivity index (χ1n) is 7.20. The number of carbonyl (C=O) groups excluding carboxylic acids is 1. The summed E-state index contributed by atoms with van der Waals surface area (Å²) in [6, 6.07) is 9.42. The van der Waals surface area contributed by atoms with E-state index in [2.05, 4.69) is 9.71 Å². The van der Waals surface area contributed by atoms with Crippen molar-refractivity contribution in [2.24, 2.45) is 0 Å². The van der Waals surface area contributed by atoms with Crippen LogP contribution >= 0.6 is 0 Å². The second-order valence-electron chi connectivity index (χ2n) is 5.23. The first kappa shape index (κ1) is 17.9. The van der Waals surface area contributed by atoms with Crippen molar-refractivity contribution < 1.29 is 17.9 Å². The Morgan fingerprint density at radius 2 is 1.92 bits per heavy atom. The van der Waals surface area contributed by atoms with Crippen LogP contribution in [0.4, 0.5) is 0 Å². The molecule has 2 rings (SSSR count). The van der Waals surface area contributed by atoms with Crippen LogP contribution in [0.1, 0.15) is 5.56 Å². The van der Waals surface area contributed by atoms with E-state index >= 15 is 0 Å². The van der Waals surface area contributed by atoms with Crippen molar-refractivity contribution in [2.45, 2.75) is 11.4 Å². The summed E-state index contributed by atoms with van der Waals surface area (Å²) < 4.78 is 32.3. The summed E-state index contributed by atoms with van der Waals surface area (Å²) in [6.07, 6.45) is 3.22. The molecule has 0 unspecified atom stereocenters. The fourth-order valence-corrected chi connectivity index (χ4v) is 2.77. The molecule has 2 aromatic rings. The maximum atomic E-state index is 12.2. The second kappa shape index (κ2) is 7.89. The highest BCUT2D eigenvalue weighted by molar-refractivity contribution is 7.89. The monoisotopic (exact) mass is 349 g/mol. The highest BCUT2D eigenvalue weighted by atomic mass is 32.2. The lowest BCUT2D eigenvalue weighted by molar-refractivity contribution is -0.130. The summed E-state index contributed by atoms with van der Waals surface area (Å²) in [7, 11) is -0.360. The van der Waals surface area contributed by atoms with E-state index in [1.807, 2.05) is 0 Å². The van der Waals surface area contributed by atoms with Crippen LogP contribution in [0.15, 0.2) is 53.7 Å². The molecule has 0 aliphatic carbocycles. The molecule has 0 spiro atoms. The Bertz CT molecular complexity index is 775. The van der Waals surface area contributed by atoms with Gasteiger partial charge in [0.15, 0.2) is 6.61 Å². The zero-order chi connectivity index (χ0) is 17.6. The SMILES string of the molecule is CN(C)C(=O)COc1ccc(S(=O)(=O)NCc2cccnc2)cc1. The number of rotatable bonds is 7. The Morgan fingerprint density at radius 3 is 2.50 bits per heavy atom. The Balaban J connectivity index is 1.97. The first-order chi connectivity index (χ1) is 11.4.